The summed E-state index contributed by atoms with van der Waals surface area (Å²) in [4.78, 5) is 26.0. The van der Waals surface area contributed by atoms with Crippen molar-refractivity contribution in [3.05, 3.63) is 64.1 Å². The minimum absolute atomic E-state index is 0.239. The molecule has 0 aromatic heterocycles. The number of anilines is 1. The topological polar surface area (TPSA) is 72.6 Å². The molecule has 2 N–H and O–H groups in total. The largest absolute Gasteiger partial charge is 0.452 e. The van der Waals surface area contributed by atoms with Crippen LogP contribution in [0.2, 0.25) is 0 Å². The third kappa shape index (κ3) is 4.83. The predicted octanol–water partition coefficient (Wildman–Crippen LogP) is 3.24. The molecule has 0 unspecified atom stereocenters. The fourth-order valence-corrected chi connectivity index (χ4v) is 2.54. The van der Waals surface area contributed by atoms with Crippen LogP contribution in [0.4, 0.5) is 5.69 Å². The van der Waals surface area contributed by atoms with Gasteiger partial charge in [-0.3, -0.25) is 4.79 Å². The number of carbonyl (C=O) groups excluding carboxylic acids is 2. The van der Waals surface area contributed by atoms with Crippen molar-refractivity contribution < 1.29 is 14.3 Å². The van der Waals surface area contributed by atoms with Gasteiger partial charge in [0, 0.05) is 23.2 Å². The van der Waals surface area contributed by atoms with E-state index in [1.54, 1.807) is 23.1 Å². The van der Waals surface area contributed by atoms with Gasteiger partial charge < -0.3 is 15.4 Å². The van der Waals surface area contributed by atoms with Crippen molar-refractivity contribution in [3.8, 4) is 0 Å². The van der Waals surface area contributed by atoms with Gasteiger partial charge in [-0.15, -0.1) is 0 Å². The van der Waals surface area contributed by atoms with Gasteiger partial charge in [-0.05, 0) is 30.7 Å². The van der Waals surface area contributed by atoms with E-state index in [0.29, 0.717) is 23.2 Å². The van der Waals surface area contributed by atoms with Gasteiger partial charge in [0.2, 0.25) is 0 Å². The van der Waals surface area contributed by atoms with Crippen LogP contribution in [-0.4, -0.2) is 29.9 Å². The molecule has 0 aliphatic heterocycles. The Morgan fingerprint density at radius 3 is 2.54 bits per heavy atom. The number of rotatable bonds is 6. The Bertz CT molecular complexity index is 719. The first-order valence-electron chi connectivity index (χ1n) is 7.55. The number of nitrogens with two attached hydrogens (primary N) is 1. The lowest BCUT2D eigenvalue weighted by Crippen LogP contribution is -2.34. The van der Waals surface area contributed by atoms with Crippen LogP contribution < -0.4 is 5.73 Å². The third-order valence-corrected chi connectivity index (χ3v) is 4.01. The Kier molecular flexibility index (Phi) is 6.37. The molecule has 24 heavy (non-hydrogen) atoms. The van der Waals surface area contributed by atoms with Gasteiger partial charge in [0.1, 0.15) is 0 Å². The number of likely N-dealkylation sites (N-methyl/N-ethyl adjacent to an activating group) is 1. The molecule has 0 spiro atoms. The molecule has 0 saturated heterocycles. The van der Waals surface area contributed by atoms with Crippen molar-refractivity contribution in [2.45, 2.75) is 13.5 Å². The molecule has 0 aliphatic rings. The monoisotopic (exact) mass is 390 g/mol. The first-order valence-corrected chi connectivity index (χ1v) is 8.34. The lowest BCUT2D eigenvalue weighted by atomic mass is 10.2. The SMILES string of the molecule is CCN(Cc1ccccc1)C(=O)COC(=O)c1cc(Br)ccc1N. The van der Waals surface area contributed by atoms with E-state index < -0.39 is 5.97 Å². The maximum Gasteiger partial charge on any atom is 0.340 e. The molecule has 0 aliphatic carbocycles. The number of benzene rings is 2. The number of hydrogen-bond acceptors (Lipinski definition) is 4. The zero-order valence-corrected chi connectivity index (χ0v) is 15.0. The second kappa shape index (κ2) is 8.49. The lowest BCUT2D eigenvalue weighted by molar-refractivity contribution is -0.134. The summed E-state index contributed by atoms with van der Waals surface area (Å²) in [6.07, 6.45) is 0. The van der Waals surface area contributed by atoms with E-state index in [9.17, 15) is 9.59 Å². The molecule has 5 nitrogen and oxygen atoms in total. The number of ether oxygens (including phenoxy) is 1. The lowest BCUT2D eigenvalue weighted by Gasteiger charge is -2.21. The predicted molar refractivity (Wildman–Crippen MR) is 96.4 cm³/mol. The van der Waals surface area contributed by atoms with Gasteiger partial charge in [0.15, 0.2) is 6.61 Å². The van der Waals surface area contributed by atoms with Crippen LogP contribution in [-0.2, 0) is 16.1 Å². The van der Waals surface area contributed by atoms with Crippen molar-refractivity contribution in [1.82, 2.24) is 4.90 Å². The molecule has 0 heterocycles. The normalized spacial score (nSPS) is 10.2. The number of nitrogen functional groups attached to an aromatic ring is 1. The van der Waals surface area contributed by atoms with Crippen molar-refractivity contribution >= 4 is 33.5 Å². The minimum atomic E-state index is -0.613. The number of nitrogens with zero attached hydrogens (tertiary/aromatic N) is 1. The van der Waals surface area contributed by atoms with Gasteiger partial charge >= 0.3 is 5.97 Å². The highest BCUT2D eigenvalue weighted by Crippen LogP contribution is 2.19. The van der Waals surface area contributed by atoms with Crippen molar-refractivity contribution in [2.24, 2.45) is 0 Å². The van der Waals surface area contributed by atoms with Crippen LogP contribution in [0.1, 0.15) is 22.8 Å². The number of hydrogen-bond donors (Lipinski definition) is 1. The van der Waals surface area contributed by atoms with Crippen LogP contribution in [0.25, 0.3) is 0 Å². The van der Waals surface area contributed by atoms with Crippen molar-refractivity contribution in [3.63, 3.8) is 0 Å². The summed E-state index contributed by atoms with van der Waals surface area (Å²) < 4.78 is 5.83. The quantitative estimate of drug-likeness (QED) is 0.606. The first kappa shape index (κ1) is 18.0. The molecule has 2 rings (SSSR count). The van der Waals surface area contributed by atoms with Crippen molar-refractivity contribution in [2.75, 3.05) is 18.9 Å². The van der Waals surface area contributed by atoms with Gasteiger partial charge in [-0.1, -0.05) is 46.3 Å². The molecular weight excluding hydrogens is 372 g/mol. The number of halogens is 1. The van der Waals surface area contributed by atoms with Gasteiger partial charge in [0.25, 0.3) is 5.91 Å². The highest BCUT2D eigenvalue weighted by Gasteiger charge is 2.17. The van der Waals surface area contributed by atoms with E-state index in [1.807, 2.05) is 37.3 Å². The van der Waals surface area contributed by atoms with Gasteiger partial charge in [-0.2, -0.15) is 0 Å². The van der Waals surface area contributed by atoms with Crippen molar-refractivity contribution in [1.29, 1.82) is 0 Å². The second-order valence-corrected chi connectivity index (χ2v) is 6.12. The molecule has 0 saturated carbocycles. The number of amides is 1. The van der Waals surface area contributed by atoms with Gasteiger partial charge in [-0.25, -0.2) is 4.79 Å². The Labute approximate surface area is 149 Å². The Balaban J connectivity index is 1.95. The Morgan fingerprint density at radius 2 is 1.88 bits per heavy atom. The summed E-state index contributed by atoms with van der Waals surface area (Å²) in [6, 6.07) is 14.6. The summed E-state index contributed by atoms with van der Waals surface area (Å²) in [5.74, 6) is -0.860. The zero-order valence-electron chi connectivity index (χ0n) is 13.4. The molecule has 1 amide bonds. The highest BCUT2D eigenvalue weighted by atomic mass is 79.9. The zero-order chi connectivity index (χ0) is 17.5. The molecule has 0 atom stereocenters. The van der Waals surface area contributed by atoms with E-state index in [1.165, 1.54) is 0 Å². The maximum atomic E-state index is 12.3. The average Bonchev–Trinajstić information content (AvgIpc) is 2.60. The summed E-state index contributed by atoms with van der Waals surface area (Å²) in [5.41, 5.74) is 7.34. The average molecular weight is 391 g/mol. The Hall–Kier alpha value is -2.34. The Morgan fingerprint density at radius 1 is 1.17 bits per heavy atom. The van der Waals surface area contributed by atoms with E-state index in [4.69, 9.17) is 10.5 Å². The third-order valence-electron chi connectivity index (χ3n) is 3.51. The fraction of sp³-hybridized carbons (Fsp3) is 0.222. The number of carbonyl (C=O) groups is 2. The number of esters is 1. The molecular formula is C18H19BrN2O3. The van der Waals surface area contributed by atoms with Crippen LogP contribution in [0.5, 0.6) is 0 Å². The fourth-order valence-electron chi connectivity index (χ4n) is 2.18. The molecule has 0 bridgehead atoms. The molecule has 6 heteroatoms. The van der Waals surface area contributed by atoms with Gasteiger partial charge in [0.05, 0.1) is 5.56 Å². The second-order valence-electron chi connectivity index (χ2n) is 5.20. The molecule has 0 fully saturated rings. The summed E-state index contributed by atoms with van der Waals surface area (Å²) in [5, 5.41) is 0. The van der Waals surface area contributed by atoms with E-state index in [0.717, 1.165) is 5.56 Å². The minimum Gasteiger partial charge on any atom is -0.452 e. The van der Waals surface area contributed by atoms with E-state index in [2.05, 4.69) is 15.9 Å². The molecule has 2 aromatic carbocycles. The summed E-state index contributed by atoms with van der Waals surface area (Å²) in [6.45, 7) is 2.58. The van der Waals surface area contributed by atoms with E-state index >= 15 is 0 Å². The van der Waals surface area contributed by atoms with Crippen LogP contribution in [0.15, 0.2) is 53.0 Å². The summed E-state index contributed by atoms with van der Waals surface area (Å²) >= 11 is 3.28. The standard InChI is InChI=1S/C18H19BrN2O3/c1-2-21(11-13-6-4-3-5-7-13)17(22)12-24-18(23)15-10-14(19)8-9-16(15)20/h3-10H,2,11-12,20H2,1H3. The summed E-state index contributed by atoms with van der Waals surface area (Å²) in [7, 11) is 0. The van der Waals surface area contributed by atoms with Crippen LogP contribution in [0.3, 0.4) is 0 Å². The maximum absolute atomic E-state index is 12.3. The first-order chi connectivity index (χ1) is 11.5. The van der Waals surface area contributed by atoms with Crippen LogP contribution in [0, 0.1) is 0 Å². The van der Waals surface area contributed by atoms with Crippen LogP contribution >= 0.6 is 15.9 Å². The van der Waals surface area contributed by atoms with E-state index in [-0.39, 0.29) is 18.1 Å². The highest BCUT2D eigenvalue weighted by molar-refractivity contribution is 9.10. The molecule has 126 valence electrons. The molecule has 2 aromatic rings. The molecule has 0 radical (unpaired) electrons. The smallest absolute Gasteiger partial charge is 0.340 e.